The molecule has 0 radical (unpaired) electrons. The predicted molar refractivity (Wildman–Crippen MR) is 69.0 cm³/mol. The molecule has 2 unspecified atom stereocenters. The number of carbonyl (C=O) groups excluding carboxylic acids is 1. The van der Waals surface area contributed by atoms with Gasteiger partial charge in [0.15, 0.2) is 0 Å². The fourth-order valence-electron chi connectivity index (χ4n) is 2.30. The number of nitrogens with zero attached hydrogens (tertiary/aromatic N) is 1. The fraction of sp³-hybridized carbons (Fsp3) is 0.429. The van der Waals surface area contributed by atoms with Gasteiger partial charge in [-0.25, -0.2) is 4.39 Å². The largest absolute Gasteiger partial charge is 0.481 e. The molecule has 20 heavy (non-hydrogen) atoms. The average Bonchev–Trinajstić information content (AvgIpc) is 2.89. The van der Waals surface area contributed by atoms with Crippen molar-refractivity contribution in [3.63, 3.8) is 0 Å². The lowest BCUT2D eigenvalue weighted by molar-refractivity contribution is -0.142. The van der Waals surface area contributed by atoms with Crippen molar-refractivity contribution in [3.8, 4) is 0 Å². The maximum atomic E-state index is 13.7. The van der Waals surface area contributed by atoms with E-state index in [4.69, 9.17) is 9.84 Å². The first-order valence-corrected chi connectivity index (χ1v) is 6.25. The minimum atomic E-state index is -1.02. The zero-order valence-corrected chi connectivity index (χ0v) is 11.3. The molecule has 1 heterocycles. The second kappa shape index (κ2) is 5.58. The van der Waals surface area contributed by atoms with Crippen LogP contribution in [0.3, 0.4) is 0 Å². The number of likely N-dealkylation sites (N-methyl/N-ethyl adjacent to an activating group) is 1. The van der Waals surface area contributed by atoms with Gasteiger partial charge in [0.2, 0.25) is 0 Å². The van der Waals surface area contributed by atoms with Crippen molar-refractivity contribution in [1.82, 2.24) is 4.90 Å². The van der Waals surface area contributed by atoms with Gasteiger partial charge in [-0.1, -0.05) is 11.6 Å². The maximum absolute atomic E-state index is 13.7. The molecule has 1 N–H and O–H groups in total. The van der Waals surface area contributed by atoms with Crippen molar-refractivity contribution in [2.24, 2.45) is 5.92 Å². The summed E-state index contributed by atoms with van der Waals surface area (Å²) in [5, 5.41) is 9.09. The van der Waals surface area contributed by atoms with Crippen LogP contribution in [0.1, 0.15) is 15.9 Å². The number of aliphatic carboxylic acids is 1. The zero-order chi connectivity index (χ0) is 14.9. The molecule has 2 rings (SSSR count). The molecular formula is C14H16FNO4. The Kier molecular flexibility index (Phi) is 4.04. The Bertz CT molecular complexity index is 546. The first kappa shape index (κ1) is 14.5. The van der Waals surface area contributed by atoms with E-state index in [1.165, 1.54) is 24.1 Å². The van der Waals surface area contributed by atoms with Gasteiger partial charge < -0.3 is 14.7 Å². The number of amides is 1. The van der Waals surface area contributed by atoms with E-state index in [0.29, 0.717) is 0 Å². The average molecular weight is 281 g/mol. The molecule has 1 aliphatic rings. The highest BCUT2D eigenvalue weighted by atomic mass is 19.1. The number of ether oxygens (including phenoxy) is 1. The Hall–Kier alpha value is -1.95. The van der Waals surface area contributed by atoms with Gasteiger partial charge in [0.05, 0.1) is 24.8 Å². The van der Waals surface area contributed by atoms with Crippen molar-refractivity contribution in [2.75, 3.05) is 20.3 Å². The lowest BCUT2D eigenvalue weighted by Crippen LogP contribution is -2.44. The summed E-state index contributed by atoms with van der Waals surface area (Å²) in [4.78, 5) is 24.7. The minimum Gasteiger partial charge on any atom is -0.481 e. The highest BCUT2D eigenvalue weighted by molar-refractivity contribution is 5.95. The highest BCUT2D eigenvalue weighted by Crippen LogP contribution is 2.22. The molecule has 1 amide bonds. The molecule has 1 aliphatic heterocycles. The number of carbonyl (C=O) groups is 2. The van der Waals surface area contributed by atoms with Gasteiger partial charge in [-0.2, -0.15) is 0 Å². The second-order valence-electron chi connectivity index (χ2n) is 4.95. The predicted octanol–water partition coefficient (Wildman–Crippen LogP) is 1.31. The Morgan fingerprint density at radius 3 is 2.75 bits per heavy atom. The van der Waals surface area contributed by atoms with E-state index in [-0.39, 0.29) is 18.8 Å². The highest BCUT2D eigenvalue weighted by Gasteiger charge is 2.39. The van der Waals surface area contributed by atoms with E-state index in [1.807, 2.05) is 0 Å². The number of hydrogen-bond donors (Lipinski definition) is 1. The summed E-state index contributed by atoms with van der Waals surface area (Å²) in [6.45, 7) is 1.97. The molecule has 0 aliphatic carbocycles. The number of rotatable bonds is 3. The molecule has 5 nitrogen and oxygen atoms in total. The first-order valence-electron chi connectivity index (χ1n) is 6.25. The molecule has 6 heteroatoms. The van der Waals surface area contributed by atoms with Gasteiger partial charge in [-0.15, -0.1) is 0 Å². The van der Waals surface area contributed by atoms with Crippen LogP contribution in [-0.2, 0) is 9.53 Å². The molecule has 1 aromatic carbocycles. The van der Waals surface area contributed by atoms with Gasteiger partial charge >= 0.3 is 5.97 Å². The van der Waals surface area contributed by atoms with Crippen molar-refractivity contribution < 1.29 is 23.8 Å². The summed E-state index contributed by atoms with van der Waals surface area (Å²) < 4.78 is 18.9. The van der Waals surface area contributed by atoms with Crippen LogP contribution in [0.15, 0.2) is 18.2 Å². The first-order chi connectivity index (χ1) is 9.41. The molecule has 1 aromatic rings. The number of carboxylic acid groups (broad SMARTS) is 1. The van der Waals surface area contributed by atoms with Crippen LogP contribution in [0.5, 0.6) is 0 Å². The summed E-state index contributed by atoms with van der Waals surface area (Å²) in [6.07, 6.45) is 0. The standard InChI is InChI=1S/C14H16FNO4/c1-8-3-4-11(15)9(5-8)13(17)16(2)12-7-20-6-10(12)14(18)19/h3-5,10,12H,6-7H2,1-2H3,(H,18,19). The number of halogens is 1. The number of carboxylic acids is 1. The van der Waals surface area contributed by atoms with Crippen LogP contribution in [-0.4, -0.2) is 48.2 Å². The quantitative estimate of drug-likeness (QED) is 0.907. The zero-order valence-electron chi connectivity index (χ0n) is 11.3. The van der Waals surface area contributed by atoms with E-state index in [9.17, 15) is 14.0 Å². The summed E-state index contributed by atoms with van der Waals surface area (Å²) in [5.41, 5.74) is 0.712. The van der Waals surface area contributed by atoms with Crippen LogP contribution in [0.2, 0.25) is 0 Å². The monoisotopic (exact) mass is 281 g/mol. The Labute approximate surface area is 116 Å². The molecule has 108 valence electrons. The van der Waals surface area contributed by atoms with Gasteiger partial charge in [-0.05, 0) is 19.1 Å². The molecule has 1 fully saturated rings. The van der Waals surface area contributed by atoms with Gasteiger partial charge in [0.25, 0.3) is 5.91 Å². The molecule has 0 bridgehead atoms. The molecular weight excluding hydrogens is 265 g/mol. The molecule has 2 atom stereocenters. The van der Waals surface area contributed by atoms with Crippen molar-refractivity contribution >= 4 is 11.9 Å². The lowest BCUT2D eigenvalue weighted by atomic mass is 10.0. The molecule has 0 aromatic heterocycles. The van der Waals surface area contributed by atoms with Crippen LogP contribution < -0.4 is 0 Å². The summed E-state index contributed by atoms with van der Waals surface area (Å²) >= 11 is 0. The number of benzene rings is 1. The summed E-state index contributed by atoms with van der Waals surface area (Å²) in [5.74, 6) is -2.94. The fourth-order valence-corrected chi connectivity index (χ4v) is 2.30. The van der Waals surface area contributed by atoms with Crippen molar-refractivity contribution in [2.45, 2.75) is 13.0 Å². The van der Waals surface area contributed by atoms with E-state index in [1.54, 1.807) is 13.0 Å². The normalized spacial score (nSPS) is 21.8. The van der Waals surface area contributed by atoms with Gasteiger partial charge in [0.1, 0.15) is 11.7 Å². The maximum Gasteiger partial charge on any atom is 0.311 e. The third-order valence-corrected chi connectivity index (χ3v) is 3.54. The van der Waals surface area contributed by atoms with Gasteiger partial charge in [0, 0.05) is 7.05 Å². The van der Waals surface area contributed by atoms with E-state index in [0.717, 1.165) is 5.56 Å². The summed E-state index contributed by atoms with van der Waals surface area (Å²) in [7, 11) is 1.47. The Morgan fingerprint density at radius 2 is 2.10 bits per heavy atom. The van der Waals surface area contributed by atoms with Crippen LogP contribution in [0, 0.1) is 18.7 Å². The molecule has 0 spiro atoms. The van der Waals surface area contributed by atoms with Crippen LogP contribution in [0.25, 0.3) is 0 Å². The van der Waals surface area contributed by atoms with Gasteiger partial charge in [-0.3, -0.25) is 9.59 Å². The van der Waals surface area contributed by atoms with Crippen LogP contribution in [0.4, 0.5) is 4.39 Å². The van der Waals surface area contributed by atoms with E-state index >= 15 is 0 Å². The SMILES string of the molecule is Cc1ccc(F)c(C(=O)N(C)C2COCC2C(=O)O)c1. The third-order valence-electron chi connectivity index (χ3n) is 3.54. The Morgan fingerprint density at radius 1 is 1.40 bits per heavy atom. The topological polar surface area (TPSA) is 66.8 Å². The lowest BCUT2D eigenvalue weighted by Gasteiger charge is -2.26. The summed E-state index contributed by atoms with van der Waals surface area (Å²) in [6, 6.07) is 3.68. The van der Waals surface area contributed by atoms with Crippen molar-refractivity contribution in [3.05, 3.63) is 35.1 Å². The van der Waals surface area contributed by atoms with Crippen molar-refractivity contribution in [1.29, 1.82) is 0 Å². The minimum absolute atomic E-state index is 0.0523. The smallest absolute Gasteiger partial charge is 0.311 e. The second-order valence-corrected chi connectivity index (χ2v) is 4.95. The third kappa shape index (κ3) is 2.65. The van der Waals surface area contributed by atoms with Crippen LogP contribution >= 0.6 is 0 Å². The van der Waals surface area contributed by atoms with E-state index < -0.39 is 29.7 Å². The molecule has 0 saturated carbocycles. The molecule has 1 saturated heterocycles. The number of aryl methyl sites for hydroxylation is 1. The Balaban J connectivity index is 2.24. The van der Waals surface area contributed by atoms with E-state index in [2.05, 4.69) is 0 Å². The number of hydrogen-bond acceptors (Lipinski definition) is 3.